The van der Waals surface area contributed by atoms with Crippen LogP contribution >= 0.6 is 0 Å². The maximum Gasteiger partial charge on any atom is 0.347 e. The second-order valence-corrected chi connectivity index (χ2v) is 4.04. The molecule has 6 nitrogen and oxygen atoms in total. The maximum atomic E-state index is 11.6. The average Bonchev–Trinajstić information content (AvgIpc) is 2.43. The molecule has 0 aliphatic rings. The molecular formula is C13H14N4O2. The summed E-state index contributed by atoms with van der Waals surface area (Å²) in [6, 6.07) is 9.11. The van der Waals surface area contributed by atoms with E-state index in [4.69, 9.17) is 5.84 Å². The lowest BCUT2D eigenvalue weighted by Crippen LogP contribution is -2.31. The summed E-state index contributed by atoms with van der Waals surface area (Å²) in [5, 5.41) is 0. The molecule has 0 saturated carbocycles. The van der Waals surface area contributed by atoms with Gasteiger partial charge in [-0.2, -0.15) is 0 Å². The van der Waals surface area contributed by atoms with E-state index in [0.29, 0.717) is 6.54 Å². The first-order valence-corrected chi connectivity index (χ1v) is 5.78. The van der Waals surface area contributed by atoms with Gasteiger partial charge in [0.2, 0.25) is 5.91 Å². The summed E-state index contributed by atoms with van der Waals surface area (Å²) in [6.07, 6.45) is 3.30. The molecule has 0 radical (unpaired) electrons. The van der Waals surface area contributed by atoms with E-state index in [2.05, 4.69) is 10.4 Å². The molecule has 0 aliphatic carbocycles. The number of hydrogen-bond donors (Lipinski definition) is 2. The molecule has 6 heteroatoms. The fourth-order valence-corrected chi connectivity index (χ4v) is 1.80. The molecule has 98 valence electrons. The molecule has 0 fully saturated rings. The molecule has 1 heterocycles. The Morgan fingerprint density at radius 3 is 2.68 bits per heavy atom. The number of amides is 1. The Bertz CT molecular complexity index is 636. The number of hydrogen-bond acceptors (Lipinski definition) is 4. The van der Waals surface area contributed by atoms with Crippen LogP contribution < -0.4 is 17.0 Å². The predicted octanol–water partition coefficient (Wildman–Crippen LogP) is -0.176. The first-order valence-electron chi connectivity index (χ1n) is 5.78. The monoisotopic (exact) mass is 258 g/mol. The van der Waals surface area contributed by atoms with Crippen LogP contribution in [0.2, 0.25) is 0 Å². The number of aromatic nitrogens is 2. The minimum Gasteiger partial charge on any atom is -0.295 e. The fourth-order valence-electron chi connectivity index (χ4n) is 1.80. The smallest absolute Gasteiger partial charge is 0.295 e. The third-order valence-electron chi connectivity index (χ3n) is 2.75. The van der Waals surface area contributed by atoms with Gasteiger partial charge in [-0.3, -0.25) is 14.8 Å². The number of hydrazine groups is 1. The highest BCUT2D eigenvalue weighted by Gasteiger charge is 2.07. The van der Waals surface area contributed by atoms with Gasteiger partial charge in [0, 0.05) is 12.4 Å². The molecule has 0 aliphatic heterocycles. The van der Waals surface area contributed by atoms with Crippen molar-refractivity contribution in [2.24, 2.45) is 5.84 Å². The van der Waals surface area contributed by atoms with Crippen molar-refractivity contribution in [3.05, 3.63) is 64.3 Å². The lowest BCUT2D eigenvalue weighted by Gasteiger charge is -2.10. The molecule has 2 rings (SSSR count). The number of rotatable bonds is 4. The van der Waals surface area contributed by atoms with Gasteiger partial charge in [-0.05, 0) is 17.2 Å². The van der Waals surface area contributed by atoms with Gasteiger partial charge in [0.1, 0.15) is 0 Å². The van der Waals surface area contributed by atoms with Crippen molar-refractivity contribution >= 4 is 5.91 Å². The van der Waals surface area contributed by atoms with Crippen LogP contribution in [0.25, 0.3) is 0 Å². The zero-order valence-electron chi connectivity index (χ0n) is 10.2. The molecule has 0 bridgehead atoms. The van der Waals surface area contributed by atoms with Gasteiger partial charge in [-0.15, -0.1) is 0 Å². The highest BCUT2D eigenvalue weighted by molar-refractivity contribution is 5.78. The van der Waals surface area contributed by atoms with Crippen LogP contribution in [0.5, 0.6) is 0 Å². The van der Waals surface area contributed by atoms with Gasteiger partial charge >= 0.3 is 5.69 Å². The SMILES string of the molecule is NNC(=O)Cc1ccccc1Cn1cccnc1=O. The summed E-state index contributed by atoms with van der Waals surface area (Å²) >= 11 is 0. The van der Waals surface area contributed by atoms with Gasteiger partial charge in [0.25, 0.3) is 0 Å². The van der Waals surface area contributed by atoms with Gasteiger partial charge in [0.05, 0.1) is 13.0 Å². The standard InChI is InChI=1S/C13H14N4O2/c14-16-12(18)8-10-4-1-2-5-11(10)9-17-7-3-6-15-13(17)19/h1-7H,8-9,14H2,(H,16,18). The predicted molar refractivity (Wildman–Crippen MR) is 70.1 cm³/mol. The topological polar surface area (TPSA) is 90.0 Å². The minimum atomic E-state index is -0.319. The van der Waals surface area contributed by atoms with E-state index in [1.54, 1.807) is 12.3 Å². The zero-order valence-corrected chi connectivity index (χ0v) is 10.2. The number of nitrogens with two attached hydrogens (primary N) is 1. The van der Waals surface area contributed by atoms with Gasteiger partial charge in [0.15, 0.2) is 0 Å². The first-order chi connectivity index (χ1) is 9.20. The van der Waals surface area contributed by atoms with Crippen molar-refractivity contribution in [3.63, 3.8) is 0 Å². The Hall–Kier alpha value is -2.47. The van der Waals surface area contributed by atoms with Crippen molar-refractivity contribution in [2.75, 3.05) is 0 Å². The number of benzene rings is 1. The van der Waals surface area contributed by atoms with Crippen LogP contribution in [0.15, 0.2) is 47.5 Å². The lowest BCUT2D eigenvalue weighted by molar-refractivity contribution is -0.120. The maximum absolute atomic E-state index is 11.6. The summed E-state index contributed by atoms with van der Waals surface area (Å²) in [4.78, 5) is 26.6. The second kappa shape index (κ2) is 5.92. The van der Waals surface area contributed by atoms with Gasteiger partial charge < -0.3 is 0 Å². The minimum absolute atomic E-state index is 0.182. The third kappa shape index (κ3) is 3.26. The molecule has 0 unspecified atom stereocenters. The van der Waals surface area contributed by atoms with Crippen molar-refractivity contribution in [1.82, 2.24) is 15.0 Å². The van der Waals surface area contributed by atoms with E-state index in [9.17, 15) is 9.59 Å². The van der Waals surface area contributed by atoms with Crippen molar-refractivity contribution in [2.45, 2.75) is 13.0 Å². The van der Waals surface area contributed by atoms with E-state index in [1.807, 2.05) is 24.3 Å². The lowest BCUT2D eigenvalue weighted by atomic mass is 10.0. The van der Waals surface area contributed by atoms with Crippen molar-refractivity contribution in [1.29, 1.82) is 0 Å². The molecule has 1 aromatic carbocycles. The molecule has 0 atom stereocenters. The average molecular weight is 258 g/mol. The summed E-state index contributed by atoms with van der Waals surface area (Å²) in [5.41, 5.74) is 3.50. The number of nitrogens with one attached hydrogen (secondary N) is 1. The molecule has 2 aromatic rings. The van der Waals surface area contributed by atoms with E-state index in [0.717, 1.165) is 11.1 Å². The Kier molecular flexibility index (Phi) is 4.04. The van der Waals surface area contributed by atoms with Crippen LogP contribution in [0, 0.1) is 0 Å². The Morgan fingerprint density at radius 2 is 2.00 bits per heavy atom. The molecule has 0 saturated heterocycles. The van der Waals surface area contributed by atoms with Crippen LogP contribution in [0.1, 0.15) is 11.1 Å². The highest BCUT2D eigenvalue weighted by Crippen LogP contribution is 2.10. The number of nitrogens with zero attached hydrogens (tertiary/aromatic N) is 2. The quantitative estimate of drug-likeness (QED) is 0.452. The first kappa shape index (κ1) is 13.0. The fraction of sp³-hybridized carbons (Fsp3) is 0.154. The van der Waals surface area contributed by atoms with Gasteiger partial charge in [-0.1, -0.05) is 24.3 Å². The summed E-state index contributed by atoms with van der Waals surface area (Å²) in [5.74, 6) is 4.81. The molecule has 19 heavy (non-hydrogen) atoms. The second-order valence-electron chi connectivity index (χ2n) is 4.04. The molecule has 1 amide bonds. The molecule has 3 N–H and O–H groups in total. The van der Waals surface area contributed by atoms with Crippen LogP contribution in [-0.4, -0.2) is 15.5 Å². The van der Waals surface area contributed by atoms with Crippen LogP contribution in [0.3, 0.4) is 0 Å². The number of carbonyl (C=O) groups is 1. The van der Waals surface area contributed by atoms with Crippen LogP contribution in [0.4, 0.5) is 0 Å². The molecule has 0 spiro atoms. The Morgan fingerprint density at radius 1 is 1.26 bits per heavy atom. The van der Waals surface area contributed by atoms with Crippen molar-refractivity contribution < 1.29 is 4.79 Å². The van der Waals surface area contributed by atoms with E-state index in [1.165, 1.54) is 10.8 Å². The highest BCUT2D eigenvalue weighted by atomic mass is 16.2. The van der Waals surface area contributed by atoms with Crippen molar-refractivity contribution in [3.8, 4) is 0 Å². The van der Waals surface area contributed by atoms with E-state index in [-0.39, 0.29) is 18.0 Å². The Labute approximate surface area is 109 Å². The summed E-state index contributed by atoms with van der Waals surface area (Å²) in [6.45, 7) is 0.376. The van der Waals surface area contributed by atoms with Gasteiger partial charge in [-0.25, -0.2) is 15.6 Å². The summed E-state index contributed by atoms with van der Waals surface area (Å²) < 4.78 is 1.49. The molecular weight excluding hydrogens is 244 g/mol. The Balaban J connectivity index is 2.28. The number of carbonyl (C=O) groups excluding carboxylic acids is 1. The van der Waals surface area contributed by atoms with E-state index >= 15 is 0 Å². The molecule has 1 aromatic heterocycles. The summed E-state index contributed by atoms with van der Waals surface area (Å²) in [7, 11) is 0. The normalized spacial score (nSPS) is 10.2. The third-order valence-corrected chi connectivity index (χ3v) is 2.75. The largest absolute Gasteiger partial charge is 0.347 e. The zero-order chi connectivity index (χ0) is 13.7. The van der Waals surface area contributed by atoms with E-state index < -0.39 is 0 Å². The van der Waals surface area contributed by atoms with Crippen LogP contribution in [-0.2, 0) is 17.8 Å².